The van der Waals surface area contributed by atoms with Gasteiger partial charge in [-0.25, -0.2) is 4.98 Å². The van der Waals surface area contributed by atoms with Gasteiger partial charge in [-0.1, -0.05) is 0 Å². The van der Waals surface area contributed by atoms with Crippen LogP contribution in [-0.2, 0) is 11.8 Å². The van der Waals surface area contributed by atoms with E-state index < -0.39 is 0 Å². The van der Waals surface area contributed by atoms with E-state index in [9.17, 15) is 9.59 Å². The Morgan fingerprint density at radius 3 is 2.50 bits per heavy atom. The quantitative estimate of drug-likeness (QED) is 0.794. The molecule has 26 heavy (non-hydrogen) atoms. The number of rotatable bonds is 6. The molecule has 3 rings (SSSR count). The van der Waals surface area contributed by atoms with E-state index in [2.05, 4.69) is 5.10 Å². The highest BCUT2D eigenvalue weighted by atomic mass is 16.2. The smallest absolute Gasteiger partial charge is 0.254 e. The van der Waals surface area contributed by atoms with Gasteiger partial charge in [-0.15, -0.1) is 0 Å². The van der Waals surface area contributed by atoms with Gasteiger partial charge in [0.2, 0.25) is 5.91 Å². The number of fused-ring (bicyclic) bond motifs is 1. The average molecular weight is 357 g/mol. The largest absolute Gasteiger partial charge is 0.342 e. The predicted molar refractivity (Wildman–Crippen MR) is 100 cm³/mol. The summed E-state index contributed by atoms with van der Waals surface area (Å²) in [4.78, 5) is 33.5. The summed E-state index contributed by atoms with van der Waals surface area (Å²) in [5.41, 5.74) is 3.06. The number of aryl methyl sites for hydroxylation is 2. The molecule has 0 bridgehead atoms. The van der Waals surface area contributed by atoms with Crippen LogP contribution in [0.1, 0.15) is 54.4 Å². The van der Waals surface area contributed by atoms with E-state index in [4.69, 9.17) is 4.98 Å². The van der Waals surface area contributed by atoms with Crippen LogP contribution >= 0.6 is 0 Å². The first-order valence-electron chi connectivity index (χ1n) is 9.24. The summed E-state index contributed by atoms with van der Waals surface area (Å²) in [6.45, 7) is 7.13. The monoisotopic (exact) mass is 357 g/mol. The number of pyridine rings is 1. The summed E-state index contributed by atoms with van der Waals surface area (Å²) in [6, 6.07) is 1.90. The molecule has 1 aliphatic carbocycles. The number of hydrogen-bond donors (Lipinski definition) is 0. The Kier molecular flexibility index (Phi) is 4.98. The Morgan fingerprint density at radius 1 is 1.27 bits per heavy atom. The molecular weight excluding hydrogens is 330 g/mol. The van der Waals surface area contributed by atoms with Gasteiger partial charge in [-0.2, -0.15) is 5.10 Å². The summed E-state index contributed by atoms with van der Waals surface area (Å²) in [5, 5.41) is 5.22. The summed E-state index contributed by atoms with van der Waals surface area (Å²) in [6.07, 6.45) is 2.22. The summed E-state index contributed by atoms with van der Waals surface area (Å²) in [7, 11) is 3.53. The van der Waals surface area contributed by atoms with Crippen molar-refractivity contribution in [2.24, 2.45) is 7.05 Å². The van der Waals surface area contributed by atoms with Crippen LogP contribution in [0.3, 0.4) is 0 Å². The van der Waals surface area contributed by atoms with Crippen molar-refractivity contribution < 1.29 is 9.59 Å². The number of hydrogen-bond acceptors (Lipinski definition) is 4. The summed E-state index contributed by atoms with van der Waals surface area (Å²) in [5.74, 6) is 0.237. The van der Waals surface area contributed by atoms with Crippen molar-refractivity contribution in [1.29, 1.82) is 0 Å². The zero-order valence-electron chi connectivity index (χ0n) is 16.2. The van der Waals surface area contributed by atoms with Gasteiger partial charge in [0, 0.05) is 38.8 Å². The molecule has 2 aromatic heterocycles. The lowest BCUT2D eigenvalue weighted by Crippen LogP contribution is -2.41. The molecule has 7 heteroatoms. The van der Waals surface area contributed by atoms with Crippen LogP contribution in [0.5, 0.6) is 0 Å². The maximum absolute atomic E-state index is 13.1. The molecule has 7 nitrogen and oxygen atoms in total. The van der Waals surface area contributed by atoms with Crippen molar-refractivity contribution in [2.75, 3.05) is 26.7 Å². The first kappa shape index (κ1) is 18.4. The van der Waals surface area contributed by atoms with Gasteiger partial charge in [0.15, 0.2) is 5.65 Å². The van der Waals surface area contributed by atoms with Crippen molar-refractivity contribution in [2.45, 2.75) is 39.5 Å². The highest BCUT2D eigenvalue weighted by Gasteiger charge is 2.29. The lowest BCUT2D eigenvalue weighted by Gasteiger charge is -2.23. The molecule has 0 atom stereocenters. The third-order valence-electron chi connectivity index (χ3n) is 5.05. The van der Waals surface area contributed by atoms with E-state index in [1.54, 1.807) is 16.6 Å². The van der Waals surface area contributed by atoms with E-state index in [1.807, 2.05) is 33.9 Å². The third kappa shape index (κ3) is 3.30. The maximum atomic E-state index is 13.1. The van der Waals surface area contributed by atoms with Crippen molar-refractivity contribution in [3.05, 3.63) is 23.0 Å². The molecule has 0 spiro atoms. The fourth-order valence-electron chi connectivity index (χ4n) is 3.38. The van der Waals surface area contributed by atoms with Crippen LogP contribution in [0.15, 0.2) is 6.07 Å². The maximum Gasteiger partial charge on any atom is 0.254 e. The van der Waals surface area contributed by atoms with Crippen LogP contribution in [-0.4, -0.2) is 63.1 Å². The van der Waals surface area contributed by atoms with Gasteiger partial charge in [-0.05, 0) is 39.7 Å². The predicted octanol–water partition coefficient (Wildman–Crippen LogP) is 2.09. The first-order chi connectivity index (χ1) is 12.4. The second kappa shape index (κ2) is 7.05. The molecule has 1 aliphatic rings. The topological polar surface area (TPSA) is 71.3 Å². The molecule has 0 aliphatic heterocycles. The standard InChI is InChI=1S/C19H27N5O2/c1-6-24(7-2)16(25)11-22(4)19(26)14-10-15(13-8-9-13)20-18-17(14)12(3)21-23(18)5/h10,13H,6-9,11H2,1-5H3. The lowest BCUT2D eigenvalue weighted by molar-refractivity contribution is -0.131. The molecule has 1 fully saturated rings. The fourth-order valence-corrected chi connectivity index (χ4v) is 3.38. The third-order valence-corrected chi connectivity index (χ3v) is 5.05. The Balaban J connectivity index is 1.95. The van der Waals surface area contributed by atoms with Gasteiger partial charge >= 0.3 is 0 Å². The Bertz CT molecular complexity index is 849. The average Bonchev–Trinajstić information content (AvgIpc) is 3.41. The molecule has 0 saturated heterocycles. The molecule has 2 amide bonds. The molecule has 2 heterocycles. The van der Waals surface area contributed by atoms with Gasteiger partial charge in [0.25, 0.3) is 5.91 Å². The number of nitrogens with zero attached hydrogens (tertiary/aromatic N) is 5. The summed E-state index contributed by atoms with van der Waals surface area (Å²) < 4.78 is 1.73. The van der Waals surface area contributed by atoms with E-state index in [0.717, 1.165) is 35.3 Å². The van der Waals surface area contributed by atoms with Gasteiger partial charge in [0.05, 0.1) is 23.2 Å². The molecule has 2 aromatic rings. The van der Waals surface area contributed by atoms with Crippen LogP contribution in [0.4, 0.5) is 0 Å². The van der Waals surface area contributed by atoms with Crippen LogP contribution < -0.4 is 0 Å². The van der Waals surface area contributed by atoms with Crippen LogP contribution in [0.25, 0.3) is 11.0 Å². The van der Waals surface area contributed by atoms with Crippen LogP contribution in [0.2, 0.25) is 0 Å². The summed E-state index contributed by atoms with van der Waals surface area (Å²) >= 11 is 0. The normalized spacial score (nSPS) is 13.9. The fraction of sp³-hybridized carbons (Fsp3) is 0.579. The van der Waals surface area contributed by atoms with E-state index in [-0.39, 0.29) is 18.4 Å². The van der Waals surface area contributed by atoms with E-state index >= 15 is 0 Å². The zero-order chi connectivity index (χ0) is 19.0. The minimum Gasteiger partial charge on any atom is -0.342 e. The minimum atomic E-state index is -0.157. The number of carbonyl (C=O) groups is 2. The second-order valence-electron chi connectivity index (χ2n) is 7.00. The molecular formula is C19H27N5O2. The Labute approximate surface area is 154 Å². The van der Waals surface area contributed by atoms with Crippen LogP contribution in [0, 0.1) is 6.92 Å². The van der Waals surface area contributed by atoms with E-state index in [0.29, 0.717) is 24.6 Å². The lowest BCUT2D eigenvalue weighted by atomic mass is 10.1. The van der Waals surface area contributed by atoms with Crippen molar-refractivity contribution in [1.82, 2.24) is 24.6 Å². The van der Waals surface area contributed by atoms with Crippen molar-refractivity contribution in [3.8, 4) is 0 Å². The molecule has 0 unspecified atom stereocenters. The van der Waals surface area contributed by atoms with Gasteiger partial charge in [-0.3, -0.25) is 14.3 Å². The zero-order valence-corrected chi connectivity index (χ0v) is 16.2. The van der Waals surface area contributed by atoms with E-state index in [1.165, 1.54) is 4.90 Å². The Hall–Kier alpha value is -2.44. The Morgan fingerprint density at radius 2 is 1.92 bits per heavy atom. The molecule has 0 aromatic carbocycles. The highest BCUT2D eigenvalue weighted by molar-refractivity contribution is 6.07. The molecule has 0 N–H and O–H groups in total. The number of likely N-dealkylation sites (N-methyl/N-ethyl adjacent to an activating group) is 2. The van der Waals surface area contributed by atoms with Crippen molar-refractivity contribution >= 4 is 22.8 Å². The number of aromatic nitrogens is 3. The van der Waals surface area contributed by atoms with Gasteiger partial charge < -0.3 is 9.80 Å². The van der Waals surface area contributed by atoms with Crippen molar-refractivity contribution in [3.63, 3.8) is 0 Å². The minimum absolute atomic E-state index is 0.0403. The van der Waals surface area contributed by atoms with Gasteiger partial charge in [0.1, 0.15) is 0 Å². The number of amides is 2. The second-order valence-corrected chi connectivity index (χ2v) is 7.00. The molecule has 140 valence electrons. The molecule has 1 saturated carbocycles. The SMILES string of the molecule is CCN(CC)C(=O)CN(C)C(=O)c1cc(C2CC2)nc2c1c(C)nn2C. The highest BCUT2D eigenvalue weighted by Crippen LogP contribution is 2.40. The first-order valence-corrected chi connectivity index (χ1v) is 9.24. The number of carbonyl (C=O) groups excluding carboxylic acids is 2. The molecule has 0 radical (unpaired) electrons.